The van der Waals surface area contributed by atoms with Gasteiger partial charge in [-0.25, -0.2) is 0 Å². The summed E-state index contributed by atoms with van der Waals surface area (Å²) >= 11 is 0. The van der Waals surface area contributed by atoms with Gasteiger partial charge < -0.3 is 10.1 Å². The lowest BCUT2D eigenvalue weighted by Gasteiger charge is -2.20. The van der Waals surface area contributed by atoms with Crippen molar-refractivity contribution in [3.63, 3.8) is 0 Å². The number of ether oxygens (including phenoxy) is 1. The van der Waals surface area contributed by atoms with Crippen molar-refractivity contribution in [2.24, 2.45) is 0 Å². The molecule has 1 N–H and O–H groups in total. The summed E-state index contributed by atoms with van der Waals surface area (Å²) in [5.74, 6) is 0.236. The normalized spacial score (nSPS) is 11.6. The molecule has 4 heteroatoms. The smallest absolute Gasteiger partial charge is 0.262 e. The van der Waals surface area contributed by atoms with Crippen LogP contribution in [0.2, 0.25) is 0 Å². The number of nitrogens with one attached hydrogen (secondary N) is 1. The van der Waals surface area contributed by atoms with Gasteiger partial charge in [0.25, 0.3) is 5.91 Å². The molecular weight excluding hydrogens is 240 g/mol. The van der Waals surface area contributed by atoms with Crippen molar-refractivity contribution in [2.45, 2.75) is 26.3 Å². The van der Waals surface area contributed by atoms with Gasteiger partial charge >= 0.3 is 0 Å². The van der Waals surface area contributed by atoms with Crippen LogP contribution in [-0.2, 0) is 4.79 Å². The van der Waals surface area contributed by atoms with Crippen LogP contribution in [0.5, 0.6) is 5.75 Å². The molecule has 0 spiro atoms. The second-order valence-corrected chi connectivity index (χ2v) is 5.12. The van der Waals surface area contributed by atoms with Crippen molar-refractivity contribution in [3.05, 3.63) is 35.4 Å². The summed E-state index contributed by atoms with van der Waals surface area (Å²) in [5.41, 5.74) is 0.374. The van der Waals surface area contributed by atoms with Crippen LogP contribution in [0.15, 0.2) is 29.8 Å². The van der Waals surface area contributed by atoms with Crippen molar-refractivity contribution in [1.82, 2.24) is 5.32 Å². The average Bonchev–Trinajstić information content (AvgIpc) is 2.34. The summed E-state index contributed by atoms with van der Waals surface area (Å²) in [5, 5.41) is 11.9. The van der Waals surface area contributed by atoms with Gasteiger partial charge in [-0.1, -0.05) is 18.2 Å². The zero-order valence-electron chi connectivity index (χ0n) is 11.7. The Morgan fingerprint density at radius 1 is 1.37 bits per heavy atom. The maximum atomic E-state index is 12.0. The van der Waals surface area contributed by atoms with E-state index in [0.29, 0.717) is 11.3 Å². The zero-order valence-corrected chi connectivity index (χ0v) is 11.7. The number of methoxy groups -OCH3 is 1. The second kappa shape index (κ2) is 6.05. The number of amides is 1. The van der Waals surface area contributed by atoms with Gasteiger partial charge in [0, 0.05) is 11.1 Å². The lowest BCUT2D eigenvalue weighted by molar-refractivity contribution is -0.118. The first-order chi connectivity index (χ1) is 8.87. The van der Waals surface area contributed by atoms with Crippen LogP contribution in [-0.4, -0.2) is 18.6 Å². The topological polar surface area (TPSA) is 62.1 Å². The van der Waals surface area contributed by atoms with Crippen LogP contribution < -0.4 is 10.1 Å². The van der Waals surface area contributed by atoms with Gasteiger partial charge in [-0.3, -0.25) is 4.79 Å². The summed E-state index contributed by atoms with van der Waals surface area (Å²) in [6, 6.07) is 9.15. The Morgan fingerprint density at radius 3 is 2.53 bits per heavy atom. The van der Waals surface area contributed by atoms with Crippen molar-refractivity contribution in [3.8, 4) is 11.8 Å². The highest BCUT2D eigenvalue weighted by Crippen LogP contribution is 2.20. The summed E-state index contributed by atoms with van der Waals surface area (Å²) in [6.07, 6.45) is 1.53. The standard InChI is InChI=1S/C15H18N2O2/c1-15(2,3)17-14(18)12(10-16)9-11-7-5-6-8-13(11)19-4/h5-9H,1-4H3,(H,17,18)/b12-9+. The minimum absolute atomic E-state index is 0.0550. The van der Waals surface area contributed by atoms with Crippen LogP contribution in [0.3, 0.4) is 0 Å². The fraction of sp³-hybridized carbons (Fsp3) is 0.333. The van der Waals surface area contributed by atoms with Gasteiger partial charge in [-0.05, 0) is 32.9 Å². The van der Waals surface area contributed by atoms with Crippen molar-refractivity contribution >= 4 is 12.0 Å². The van der Waals surface area contributed by atoms with Crippen LogP contribution in [0.4, 0.5) is 0 Å². The van der Waals surface area contributed by atoms with Crippen molar-refractivity contribution < 1.29 is 9.53 Å². The molecule has 100 valence electrons. The van der Waals surface area contributed by atoms with Crippen molar-refractivity contribution in [1.29, 1.82) is 5.26 Å². The third-order valence-corrected chi connectivity index (χ3v) is 2.29. The molecule has 1 rings (SSSR count). The Morgan fingerprint density at radius 2 is 2.00 bits per heavy atom. The summed E-state index contributed by atoms with van der Waals surface area (Å²) in [6.45, 7) is 5.59. The fourth-order valence-electron chi connectivity index (χ4n) is 1.50. The van der Waals surface area contributed by atoms with E-state index in [-0.39, 0.29) is 17.0 Å². The van der Waals surface area contributed by atoms with Gasteiger partial charge in [0.1, 0.15) is 17.4 Å². The lowest BCUT2D eigenvalue weighted by Crippen LogP contribution is -2.41. The number of carbonyl (C=O) groups excluding carboxylic acids is 1. The summed E-state index contributed by atoms with van der Waals surface area (Å²) in [7, 11) is 1.55. The molecule has 0 saturated carbocycles. The third-order valence-electron chi connectivity index (χ3n) is 2.29. The maximum Gasteiger partial charge on any atom is 0.262 e. The molecule has 0 fully saturated rings. The third kappa shape index (κ3) is 4.47. The first kappa shape index (κ1) is 14.8. The number of rotatable bonds is 3. The van der Waals surface area contributed by atoms with Crippen LogP contribution in [0, 0.1) is 11.3 Å². The number of benzene rings is 1. The number of nitrogens with zero attached hydrogens (tertiary/aromatic N) is 1. The largest absolute Gasteiger partial charge is 0.496 e. The molecule has 0 saturated heterocycles. The molecule has 0 aromatic heterocycles. The van der Waals surface area contributed by atoms with E-state index >= 15 is 0 Å². The van der Waals surface area contributed by atoms with E-state index in [1.165, 1.54) is 6.08 Å². The molecule has 0 unspecified atom stereocenters. The molecule has 4 nitrogen and oxygen atoms in total. The number of hydrogen-bond acceptors (Lipinski definition) is 3. The number of nitriles is 1. The quantitative estimate of drug-likeness (QED) is 0.669. The average molecular weight is 258 g/mol. The monoisotopic (exact) mass is 258 g/mol. The molecular formula is C15H18N2O2. The van der Waals surface area contributed by atoms with E-state index in [0.717, 1.165) is 0 Å². The predicted octanol–water partition coefficient (Wildman–Crippen LogP) is 2.52. The van der Waals surface area contributed by atoms with Gasteiger partial charge in [0.15, 0.2) is 0 Å². The highest BCUT2D eigenvalue weighted by molar-refractivity contribution is 6.02. The summed E-state index contributed by atoms with van der Waals surface area (Å²) in [4.78, 5) is 12.0. The predicted molar refractivity (Wildman–Crippen MR) is 74.5 cm³/mol. The van der Waals surface area contributed by atoms with E-state index in [2.05, 4.69) is 5.32 Å². The molecule has 1 aromatic rings. The highest BCUT2D eigenvalue weighted by Gasteiger charge is 2.17. The molecule has 0 aliphatic carbocycles. The molecule has 0 aliphatic heterocycles. The van der Waals surface area contributed by atoms with Gasteiger partial charge in [0.2, 0.25) is 0 Å². The molecule has 0 bridgehead atoms. The highest BCUT2D eigenvalue weighted by atomic mass is 16.5. The molecule has 0 radical (unpaired) electrons. The molecule has 0 heterocycles. The Labute approximate surface area is 113 Å². The van der Waals surface area contributed by atoms with Gasteiger partial charge in [-0.15, -0.1) is 0 Å². The molecule has 1 amide bonds. The Kier molecular flexibility index (Phi) is 4.71. The number of hydrogen-bond donors (Lipinski definition) is 1. The van der Waals surface area contributed by atoms with E-state index in [4.69, 9.17) is 10.00 Å². The van der Waals surface area contributed by atoms with E-state index in [9.17, 15) is 4.79 Å². The van der Waals surface area contributed by atoms with E-state index < -0.39 is 0 Å². The van der Waals surface area contributed by atoms with E-state index in [1.54, 1.807) is 19.2 Å². The fourth-order valence-corrected chi connectivity index (χ4v) is 1.50. The minimum Gasteiger partial charge on any atom is -0.496 e. The lowest BCUT2D eigenvalue weighted by atomic mass is 10.1. The van der Waals surface area contributed by atoms with Gasteiger partial charge in [-0.2, -0.15) is 5.26 Å². The van der Waals surface area contributed by atoms with Crippen molar-refractivity contribution in [2.75, 3.05) is 7.11 Å². The SMILES string of the molecule is COc1ccccc1/C=C(\C#N)C(=O)NC(C)(C)C. The molecule has 0 aliphatic rings. The molecule has 0 atom stereocenters. The van der Waals surface area contributed by atoms with Crippen LogP contribution in [0.25, 0.3) is 6.08 Å². The van der Waals surface area contributed by atoms with Crippen LogP contribution in [0.1, 0.15) is 26.3 Å². The van der Waals surface area contributed by atoms with Crippen LogP contribution >= 0.6 is 0 Å². The number of carbonyl (C=O) groups is 1. The van der Waals surface area contributed by atoms with Gasteiger partial charge in [0.05, 0.1) is 7.11 Å². The first-order valence-corrected chi connectivity index (χ1v) is 5.94. The molecule has 19 heavy (non-hydrogen) atoms. The Balaban J connectivity index is 3.07. The van der Waals surface area contributed by atoms with E-state index in [1.807, 2.05) is 39.0 Å². The Hall–Kier alpha value is -2.28. The maximum absolute atomic E-state index is 12.0. The zero-order chi connectivity index (χ0) is 14.5. The summed E-state index contributed by atoms with van der Waals surface area (Å²) < 4.78 is 5.19. The second-order valence-electron chi connectivity index (χ2n) is 5.12. The molecule has 1 aromatic carbocycles. The first-order valence-electron chi connectivity index (χ1n) is 5.94. The number of para-hydroxylation sites is 1. The minimum atomic E-state index is -0.388. The Bertz CT molecular complexity index is 534.